The lowest BCUT2D eigenvalue weighted by Gasteiger charge is -2.18. The minimum Gasteiger partial charge on any atom is -0.370 e. The highest BCUT2D eigenvalue weighted by Crippen LogP contribution is 2.14. The highest BCUT2D eigenvalue weighted by Gasteiger charge is 2.23. The third kappa shape index (κ3) is 6.19. The van der Waals surface area contributed by atoms with E-state index < -0.39 is 30.3 Å². The van der Waals surface area contributed by atoms with Crippen molar-refractivity contribution in [2.45, 2.75) is 12.5 Å². The number of aromatic nitrogens is 1. The second kappa shape index (κ2) is 10.3. The zero-order valence-corrected chi connectivity index (χ0v) is 17.5. The fourth-order valence-corrected chi connectivity index (χ4v) is 2.97. The minimum atomic E-state index is -1.20. The summed E-state index contributed by atoms with van der Waals surface area (Å²) in [7, 11) is 0. The van der Waals surface area contributed by atoms with Crippen LogP contribution in [0.1, 0.15) is 6.42 Å². The van der Waals surface area contributed by atoms with Crippen molar-refractivity contribution in [3.05, 3.63) is 88.3 Å². The molecule has 2 aromatic carbocycles. The number of hydrogen-bond donors (Lipinski definition) is 4. The van der Waals surface area contributed by atoms with Gasteiger partial charge >= 0.3 is 6.03 Å². The zero-order chi connectivity index (χ0) is 23.1. The van der Waals surface area contributed by atoms with Gasteiger partial charge in [-0.25, -0.2) is 4.79 Å². The molecule has 3 aromatic rings. The van der Waals surface area contributed by atoms with E-state index in [0.717, 1.165) is 0 Å². The summed E-state index contributed by atoms with van der Waals surface area (Å²) >= 11 is 5.81. The maximum Gasteiger partial charge on any atom is 0.319 e. The van der Waals surface area contributed by atoms with Crippen molar-refractivity contribution < 1.29 is 14.4 Å². The summed E-state index contributed by atoms with van der Waals surface area (Å²) in [5.74, 6) is -1.38. The summed E-state index contributed by atoms with van der Waals surface area (Å²) in [6.07, 6.45) is 1.24. The number of halogens is 1. The predicted octanol–water partition coefficient (Wildman–Crippen LogP) is 2.50. The number of rotatable bonds is 7. The summed E-state index contributed by atoms with van der Waals surface area (Å²) in [5.41, 5.74) is 6.52. The molecule has 0 saturated carbocycles. The van der Waals surface area contributed by atoms with Gasteiger partial charge < -0.3 is 21.7 Å². The third-order valence-electron chi connectivity index (χ3n) is 4.36. The average molecular weight is 454 g/mol. The molecule has 0 aliphatic carbocycles. The number of urea groups is 1. The van der Waals surface area contributed by atoms with Gasteiger partial charge in [-0.3, -0.25) is 19.0 Å². The van der Waals surface area contributed by atoms with E-state index in [2.05, 4.69) is 16.0 Å². The molecule has 0 bridgehead atoms. The molecule has 10 heteroatoms. The fourth-order valence-electron chi connectivity index (χ4n) is 2.84. The monoisotopic (exact) mass is 453 g/mol. The van der Waals surface area contributed by atoms with Gasteiger partial charge in [-0.1, -0.05) is 17.7 Å². The molecule has 0 fully saturated rings. The summed E-state index contributed by atoms with van der Waals surface area (Å²) in [5, 5.41) is 8.11. The van der Waals surface area contributed by atoms with Crippen LogP contribution in [0.4, 0.5) is 16.2 Å². The topological polar surface area (TPSA) is 135 Å². The molecule has 5 N–H and O–H groups in total. The van der Waals surface area contributed by atoms with Gasteiger partial charge in [0.25, 0.3) is 5.56 Å². The molecular formula is C22H20ClN5O4. The molecule has 0 spiro atoms. The summed E-state index contributed by atoms with van der Waals surface area (Å²) in [6.45, 7) is 0. The van der Waals surface area contributed by atoms with E-state index in [-0.39, 0.29) is 5.56 Å². The summed E-state index contributed by atoms with van der Waals surface area (Å²) in [4.78, 5) is 48.2. The Morgan fingerprint density at radius 2 is 1.53 bits per heavy atom. The van der Waals surface area contributed by atoms with Crippen molar-refractivity contribution in [1.82, 2.24) is 9.88 Å². The Morgan fingerprint density at radius 1 is 0.906 bits per heavy atom. The first-order chi connectivity index (χ1) is 15.3. The van der Waals surface area contributed by atoms with E-state index in [1.807, 2.05) is 0 Å². The van der Waals surface area contributed by atoms with Gasteiger partial charge in [0.15, 0.2) is 0 Å². The molecule has 0 saturated heterocycles. The number of carbonyl (C=O) groups is 3. The fraction of sp³-hybridized carbons (Fsp3) is 0.0909. The molecule has 1 atom stereocenters. The first kappa shape index (κ1) is 22.6. The first-order valence-electron chi connectivity index (χ1n) is 9.52. The number of benzene rings is 2. The SMILES string of the molecule is NC(=O)CC(NC(=O)Nc1ccc(Cl)cc1)C(=O)Nc1ccc(-n2ccccc2=O)cc1. The molecule has 0 radical (unpaired) electrons. The van der Waals surface area contributed by atoms with Gasteiger partial charge in [-0.05, 0) is 54.6 Å². The van der Waals surface area contributed by atoms with Gasteiger partial charge in [0.05, 0.1) is 6.42 Å². The number of carbonyl (C=O) groups excluding carboxylic acids is 3. The first-order valence-corrected chi connectivity index (χ1v) is 9.90. The Morgan fingerprint density at radius 3 is 2.16 bits per heavy atom. The molecule has 32 heavy (non-hydrogen) atoms. The molecule has 1 heterocycles. The van der Waals surface area contributed by atoms with Crippen LogP contribution in [0.15, 0.2) is 77.7 Å². The Labute approximate surface area is 188 Å². The molecule has 1 aromatic heterocycles. The molecule has 164 valence electrons. The van der Waals surface area contributed by atoms with Crippen LogP contribution in [0.2, 0.25) is 5.02 Å². The Kier molecular flexibility index (Phi) is 7.25. The van der Waals surface area contributed by atoms with Crippen molar-refractivity contribution >= 4 is 40.8 Å². The van der Waals surface area contributed by atoms with E-state index in [1.54, 1.807) is 66.9 Å². The smallest absolute Gasteiger partial charge is 0.319 e. The molecule has 0 aliphatic rings. The lowest BCUT2D eigenvalue weighted by molar-refractivity contribution is -0.123. The van der Waals surface area contributed by atoms with Crippen LogP contribution in [-0.4, -0.2) is 28.5 Å². The minimum absolute atomic E-state index is 0.193. The number of hydrogen-bond acceptors (Lipinski definition) is 4. The number of anilines is 2. The van der Waals surface area contributed by atoms with Crippen LogP contribution in [0.5, 0.6) is 0 Å². The number of pyridine rings is 1. The number of nitrogens with zero attached hydrogens (tertiary/aromatic N) is 1. The van der Waals surface area contributed by atoms with Crippen LogP contribution in [0.3, 0.4) is 0 Å². The largest absolute Gasteiger partial charge is 0.370 e. The second-order valence-electron chi connectivity index (χ2n) is 6.77. The predicted molar refractivity (Wildman–Crippen MR) is 122 cm³/mol. The highest BCUT2D eigenvalue weighted by molar-refractivity contribution is 6.30. The van der Waals surface area contributed by atoms with Gasteiger partial charge in [-0.15, -0.1) is 0 Å². The standard InChI is InChI=1S/C22H20ClN5O4/c23-14-4-6-16(7-5-14)26-22(32)27-18(13-19(24)29)21(31)25-15-8-10-17(11-9-15)28-12-2-1-3-20(28)30/h1-12,18H,13H2,(H2,24,29)(H,25,31)(H2,26,27,32). The third-order valence-corrected chi connectivity index (χ3v) is 4.62. The Hall–Kier alpha value is -4.11. The molecular weight excluding hydrogens is 434 g/mol. The van der Waals surface area contributed by atoms with Crippen LogP contribution in [-0.2, 0) is 9.59 Å². The van der Waals surface area contributed by atoms with Crippen LogP contribution < -0.4 is 27.2 Å². The van der Waals surface area contributed by atoms with E-state index in [1.165, 1.54) is 10.6 Å². The van der Waals surface area contributed by atoms with Crippen LogP contribution >= 0.6 is 11.6 Å². The van der Waals surface area contributed by atoms with Crippen molar-refractivity contribution in [1.29, 1.82) is 0 Å². The maximum absolute atomic E-state index is 12.7. The van der Waals surface area contributed by atoms with E-state index in [4.69, 9.17) is 17.3 Å². The summed E-state index contributed by atoms with van der Waals surface area (Å²) in [6, 6.07) is 15.8. The van der Waals surface area contributed by atoms with Gasteiger partial charge in [0, 0.05) is 34.3 Å². The number of primary amides is 1. The average Bonchev–Trinajstić information content (AvgIpc) is 2.75. The highest BCUT2D eigenvalue weighted by atomic mass is 35.5. The van der Waals surface area contributed by atoms with Gasteiger partial charge in [0.2, 0.25) is 11.8 Å². The quantitative estimate of drug-likeness (QED) is 0.437. The van der Waals surface area contributed by atoms with E-state index in [0.29, 0.717) is 22.1 Å². The van der Waals surface area contributed by atoms with Gasteiger partial charge in [0.1, 0.15) is 6.04 Å². The van der Waals surface area contributed by atoms with Crippen molar-refractivity contribution in [2.24, 2.45) is 5.73 Å². The number of amides is 4. The zero-order valence-electron chi connectivity index (χ0n) is 16.7. The lowest BCUT2D eigenvalue weighted by atomic mass is 10.1. The van der Waals surface area contributed by atoms with Crippen LogP contribution in [0.25, 0.3) is 5.69 Å². The van der Waals surface area contributed by atoms with Crippen molar-refractivity contribution in [3.8, 4) is 5.69 Å². The molecule has 9 nitrogen and oxygen atoms in total. The number of nitrogens with one attached hydrogen (secondary N) is 3. The Balaban J connectivity index is 1.67. The van der Waals surface area contributed by atoms with Gasteiger partial charge in [-0.2, -0.15) is 0 Å². The second-order valence-corrected chi connectivity index (χ2v) is 7.21. The molecule has 1 unspecified atom stereocenters. The summed E-state index contributed by atoms with van der Waals surface area (Å²) < 4.78 is 1.45. The van der Waals surface area contributed by atoms with Crippen LogP contribution in [0, 0.1) is 0 Å². The Bertz CT molecular complexity index is 1180. The van der Waals surface area contributed by atoms with E-state index >= 15 is 0 Å². The van der Waals surface area contributed by atoms with E-state index in [9.17, 15) is 19.2 Å². The number of nitrogens with two attached hydrogens (primary N) is 1. The molecule has 4 amide bonds. The van der Waals surface area contributed by atoms with Crippen molar-refractivity contribution in [3.63, 3.8) is 0 Å². The maximum atomic E-state index is 12.7. The normalized spacial score (nSPS) is 11.3. The molecule has 0 aliphatic heterocycles. The molecule has 3 rings (SSSR count). The lowest BCUT2D eigenvalue weighted by Crippen LogP contribution is -2.47. The van der Waals surface area contributed by atoms with Crippen molar-refractivity contribution in [2.75, 3.05) is 10.6 Å².